The second-order valence-electron chi connectivity index (χ2n) is 5.98. The van der Waals surface area contributed by atoms with Gasteiger partial charge in [0, 0.05) is 5.69 Å². The highest BCUT2D eigenvalue weighted by molar-refractivity contribution is 5.96. The summed E-state index contributed by atoms with van der Waals surface area (Å²) in [6.45, 7) is 0.879. The van der Waals surface area contributed by atoms with E-state index in [1.807, 2.05) is 0 Å². The molecule has 2 amide bonds. The lowest BCUT2D eigenvalue weighted by Crippen LogP contribution is -2.43. The third-order valence-corrected chi connectivity index (χ3v) is 4.13. The number of hydrogen-bond donors (Lipinski definition) is 3. The average Bonchev–Trinajstić information content (AvgIpc) is 2.64. The molecule has 1 unspecified atom stereocenters. The predicted molar refractivity (Wildman–Crippen MR) is 95.7 cm³/mol. The smallest absolute Gasteiger partial charge is 0.252 e. The molecule has 130 valence electrons. The molecular weight excluding hydrogens is 318 g/mol. The minimum Gasteiger partial charge on any atom is -0.457 e. The third-order valence-electron chi connectivity index (χ3n) is 4.13. The van der Waals surface area contributed by atoms with Crippen LogP contribution in [0.15, 0.2) is 48.5 Å². The highest BCUT2D eigenvalue weighted by Gasteiger charge is 2.20. The Morgan fingerprint density at radius 1 is 1.08 bits per heavy atom. The Kier molecular flexibility index (Phi) is 5.30. The van der Waals surface area contributed by atoms with Gasteiger partial charge in [-0.1, -0.05) is 18.6 Å². The van der Waals surface area contributed by atoms with Crippen molar-refractivity contribution < 1.29 is 14.3 Å². The van der Waals surface area contributed by atoms with Crippen LogP contribution in [0.3, 0.4) is 0 Å². The number of nitrogens with one attached hydrogen (secondary N) is 2. The highest BCUT2D eigenvalue weighted by Crippen LogP contribution is 2.26. The average molecular weight is 339 g/mol. The van der Waals surface area contributed by atoms with Crippen LogP contribution in [-0.2, 0) is 4.79 Å². The van der Waals surface area contributed by atoms with Crippen molar-refractivity contribution in [3.63, 3.8) is 0 Å². The molecule has 3 rings (SSSR count). The number of hydrogen-bond acceptors (Lipinski definition) is 4. The summed E-state index contributed by atoms with van der Waals surface area (Å²) in [5.41, 5.74) is 6.37. The van der Waals surface area contributed by atoms with E-state index in [4.69, 9.17) is 10.5 Å². The maximum absolute atomic E-state index is 12.2. The molecule has 1 saturated heterocycles. The zero-order chi connectivity index (χ0) is 17.6. The zero-order valence-corrected chi connectivity index (χ0v) is 13.8. The highest BCUT2D eigenvalue weighted by atomic mass is 16.5. The normalized spacial score (nSPS) is 16.9. The number of anilines is 1. The van der Waals surface area contributed by atoms with Gasteiger partial charge in [-0.05, 0) is 55.8 Å². The maximum Gasteiger partial charge on any atom is 0.252 e. The fourth-order valence-electron chi connectivity index (χ4n) is 2.80. The van der Waals surface area contributed by atoms with Crippen molar-refractivity contribution >= 4 is 17.5 Å². The van der Waals surface area contributed by atoms with E-state index in [-0.39, 0.29) is 11.9 Å². The molecule has 0 aromatic heterocycles. The van der Waals surface area contributed by atoms with Crippen molar-refractivity contribution in [2.24, 2.45) is 5.73 Å². The number of primary amides is 1. The Morgan fingerprint density at radius 2 is 1.84 bits per heavy atom. The molecule has 25 heavy (non-hydrogen) atoms. The van der Waals surface area contributed by atoms with E-state index in [1.165, 1.54) is 0 Å². The van der Waals surface area contributed by atoms with E-state index in [9.17, 15) is 9.59 Å². The number of ether oxygens (including phenoxy) is 1. The van der Waals surface area contributed by atoms with Gasteiger partial charge in [-0.15, -0.1) is 0 Å². The monoisotopic (exact) mass is 339 g/mol. The summed E-state index contributed by atoms with van der Waals surface area (Å²) < 4.78 is 5.72. The molecule has 0 bridgehead atoms. The quantitative estimate of drug-likeness (QED) is 0.781. The van der Waals surface area contributed by atoms with Gasteiger partial charge in [0.15, 0.2) is 0 Å². The van der Waals surface area contributed by atoms with Gasteiger partial charge in [-0.3, -0.25) is 9.59 Å². The molecule has 6 heteroatoms. The first-order valence-electron chi connectivity index (χ1n) is 8.34. The lowest BCUT2D eigenvalue weighted by atomic mass is 10.0. The van der Waals surface area contributed by atoms with Gasteiger partial charge in [0.2, 0.25) is 5.91 Å². The van der Waals surface area contributed by atoms with Gasteiger partial charge in [0.1, 0.15) is 11.5 Å². The summed E-state index contributed by atoms with van der Waals surface area (Å²) >= 11 is 0. The van der Waals surface area contributed by atoms with E-state index in [1.54, 1.807) is 48.5 Å². The summed E-state index contributed by atoms with van der Waals surface area (Å²) in [4.78, 5) is 23.6. The van der Waals surface area contributed by atoms with Crippen LogP contribution < -0.4 is 21.1 Å². The second kappa shape index (κ2) is 7.81. The van der Waals surface area contributed by atoms with E-state index in [2.05, 4.69) is 10.6 Å². The van der Waals surface area contributed by atoms with Crippen LogP contribution in [0.4, 0.5) is 5.69 Å². The Labute approximate surface area is 146 Å². The van der Waals surface area contributed by atoms with Gasteiger partial charge >= 0.3 is 0 Å². The number of nitrogens with two attached hydrogens (primary N) is 1. The molecule has 2 aromatic rings. The molecule has 0 saturated carbocycles. The van der Waals surface area contributed by atoms with E-state index < -0.39 is 5.91 Å². The lowest BCUT2D eigenvalue weighted by Gasteiger charge is -2.22. The molecule has 0 spiro atoms. The van der Waals surface area contributed by atoms with Crippen molar-refractivity contribution in [3.8, 4) is 11.5 Å². The number of carbonyl (C=O) groups is 2. The van der Waals surface area contributed by atoms with Crippen molar-refractivity contribution in [2.75, 3.05) is 11.9 Å². The maximum atomic E-state index is 12.2. The van der Waals surface area contributed by atoms with E-state index in [0.717, 1.165) is 25.8 Å². The van der Waals surface area contributed by atoms with Gasteiger partial charge in [-0.2, -0.15) is 0 Å². The van der Waals surface area contributed by atoms with Crippen molar-refractivity contribution in [2.45, 2.75) is 25.3 Å². The van der Waals surface area contributed by atoms with Gasteiger partial charge in [-0.25, -0.2) is 0 Å². The number of piperidine rings is 1. The topological polar surface area (TPSA) is 93.5 Å². The van der Waals surface area contributed by atoms with Gasteiger partial charge in [0.25, 0.3) is 5.91 Å². The number of amides is 2. The Morgan fingerprint density at radius 3 is 2.52 bits per heavy atom. The summed E-state index contributed by atoms with van der Waals surface area (Å²) in [7, 11) is 0. The molecule has 0 aliphatic carbocycles. The summed E-state index contributed by atoms with van der Waals surface area (Å²) in [6.07, 6.45) is 3.04. The molecule has 6 nitrogen and oxygen atoms in total. The summed E-state index contributed by atoms with van der Waals surface area (Å²) in [6, 6.07) is 13.7. The van der Waals surface area contributed by atoms with Crippen LogP contribution >= 0.6 is 0 Å². The van der Waals surface area contributed by atoms with Crippen LogP contribution in [-0.4, -0.2) is 24.4 Å². The molecule has 4 N–H and O–H groups in total. The van der Waals surface area contributed by atoms with Crippen LogP contribution in [0.2, 0.25) is 0 Å². The number of benzene rings is 2. The SMILES string of the molecule is NC(=O)c1ccccc1Oc1ccc(NC(=O)C2CCCCN2)cc1. The molecular formula is C19H21N3O3. The Bertz CT molecular complexity index is 753. The first-order valence-corrected chi connectivity index (χ1v) is 8.34. The Balaban J connectivity index is 1.64. The summed E-state index contributed by atoms with van der Waals surface area (Å²) in [5.74, 6) is 0.396. The minimum absolute atomic E-state index is 0.0209. The van der Waals surface area contributed by atoms with E-state index >= 15 is 0 Å². The van der Waals surface area contributed by atoms with Crippen molar-refractivity contribution in [1.29, 1.82) is 0 Å². The minimum atomic E-state index is -0.542. The lowest BCUT2D eigenvalue weighted by molar-refractivity contribution is -0.118. The molecule has 2 aromatic carbocycles. The molecule has 1 heterocycles. The zero-order valence-electron chi connectivity index (χ0n) is 13.8. The fraction of sp³-hybridized carbons (Fsp3) is 0.263. The van der Waals surface area contributed by atoms with Crippen LogP contribution in [0.5, 0.6) is 11.5 Å². The van der Waals surface area contributed by atoms with Crippen molar-refractivity contribution in [3.05, 3.63) is 54.1 Å². The number of para-hydroxylation sites is 1. The van der Waals surface area contributed by atoms with Gasteiger partial charge in [0.05, 0.1) is 11.6 Å². The third kappa shape index (κ3) is 4.36. The van der Waals surface area contributed by atoms with Crippen LogP contribution in [0.1, 0.15) is 29.6 Å². The predicted octanol–water partition coefficient (Wildman–Crippen LogP) is 2.66. The van der Waals surface area contributed by atoms with Gasteiger partial charge < -0.3 is 21.1 Å². The first kappa shape index (κ1) is 17.0. The molecule has 1 fully saturated rings. The largest absolute Gasteiger partial charge is 0.457 e. The molecule has 1 aliphatic rings. The first-order chi connectivity index (χ1) is 12.1. The number of carbonyl (C=O) groups excluding carboxylic acids is 2. The molecule has 1 aliphatic heterocycles. The summed E-state index contributed by atoms with van der Waals surface area (Å²) in [5, 5.41) is 6.12. The Hall–Kier alpha value is -2.86. The van der Waals surface area contributed by atoms with E-state index in [0.29, 0.717) is 22.7 Å². The van der Waals surface area contributed by atoms with Crippen LogP contribution in [0.25, 0.3) is 0 Å². The molecule has 1 atom stereocenters. The molecule has 0 radical (unpaired) electrons. The van der Waals surface area contributed by atoms with Crippen LogP contribution in [0, 0.1) is 0 Å². The second-order valence-corrected chi connectivity index (χ2v) is 5.98. The van der Waals surface area contributed by atoms with Crippen molar-refractivity contribution in [1.82, 2.24) is 5.32 Å². The number of rotatable bonds is 5. The standard InChI is InChI=1S/C19H21N3O3/c20-18(23)15-5-1-2-7-17(15)25-14-10-8-13(9-11-14)22-19(24)16-6-3-4-12-21-16/h1-2,5,7-11,16,21H,3-4,6,12H2,(H2,20,23)(H,22,24). The fourth-order valence-corrected chi connectivity index (χ4v) is 2.80.